The number of carbonyl (C=O) groups is 3. The number of ether oxygens (including phenoxy) is 1. The highest BCUT2D eigenvalue weighted by Crippen LogP contribution is 2.32. The van der Waals surface area contributed by atoms with E-state index in [1.807, 2.05) is 37.3 Å². The summed E-state index contributed by atoms with van der Waals surface area (Å²) in [6.07, 6.45) is 1.17. The summed E-state index contributed by atoms with van der Waals surface area (Å²) in [6, 6.07) is 12.4. The topological polar surface area (TPSA) is 108 Å². The highest BCUT2D eigenvalue weighted by molar-refractivity contribution is 5.92. The molecule has 0 saturated carbocycles. The minimum absolute atomic E-state index is 0.0379. The Labute approximate surface area is 220 Å². The zero-order valence-corrected chi connectivity index (χ0v) is 22.8. The molecule has 0 spiro atoms. The van der Waals surface area contributed by atoms with Crippen molar-refractivity contribution in [3.8, 4) is 5.75 Å². The molecule has 3 N–H and O–H groups in total. The van der Waals surface area contributed by atoms with Gasteiger partial charge in [0.15, 0.2) is 0 Å². The maximum atomic E-state index is 14.0. The van der Waals surface area contributed by atoms with Gasteiger partial charge in [-0.25, -0.2) is 4.79 Å². The number of amides is 3. The lowest BCUT2D eigenvalue weighted by Crippen LogP contribution is -2.53. The first kappa shape index (κ1) is 29.7. The number of carbonyl (C=O) groups excluding carboxylic acids is 3. The van der Waals surface area contributed by atoms with Crippen molar-refractivity contribution >= 4 is 17.9 Å². The van der Waals surface area contributed by atoms with E-state index in [9.17, 15) is 19.5 Å². The average Bonchev–Trinajstić information content (AvgIpc) is 2.83. The Bertz CT molecular complexity index is 1050. The van der Waals surface area contributed by atoms with Crippen LogP contribution < -0.4 is 10.6 Å². The number of phenols is 1. The summed E-state index contributed by atoms with van der Waals surface area (Å²) in [5.41, 5.74) is 1.03. The lowest BCUT2D eigenvalue weighted by molar-refractivity contribution is -0.142. The third kappa shape index (κ3) is 8.81. The van der Waals surface area contributed by atoms with Crippen molar-refractivity contribution < 1.29 is 24.2 Å². The largest absolute Gasteiger partial charge is 0.507 e. The van der Waals surface area contributed by atoms with Crippen LogP contribution in [0.15, 0.2) is 48.5 Å². The zero-order valence-electron chi connectivity index (χ0n) is 22.8. The fourth-order valence-electron chi connectivity index (χ4n) is 4.00. The molecule has 2 unspecified atom stereocenters. The molecule has 0 fully saturated rings. The van der Waals surface area contributed by atoms with E-state index in [0.29, 0.717) is 17.7 Å². The van der Waals surface area contributed by atoms with E-state index in [1.54, 1.807) is 52.8 Å². The van der Waals surface area contributed by atoms with Gasteiger partial charge in [0.1, 0.15) is 23.4 Å². The van der Waals surface area contributed by atoms with Gasteiger partial charge in [0.25, 0.3) is 0 Å². The predicted octanol–water partition coefficient (Wildman–Crippen LogP) is 4.64. The van der Waals surface area contributed by atoms with E-state index in [4.69, 9.17) is 4.74 Å². The summed E-state index contributed by atoms with van der Waals surface area (Å²) in [4.78, 5) is 41.6. The molecule has 37 heavy (non-hydrogen) atoms. The summed E-state index contributed by atoms with van der Waals surface area (Å²) in [7, 11) is 0. The molecular weight excluding hydrogens is 470 g/mol. The molecule has 0 radical (unpaired) electrons. The van der Waals surface area contributed by atoms with E-state index in [0.717, 1.165) is 18.4 Å². The van der Waals surface area contributed by atoms with Crippen LogP contribution in [0, 0.1) is 6.92 Å². The van der Waals surface area contributed by atoms with Gasteiger partial charge in [0.05, 0.1) is 0 Å². The van der Waals surface area contributed by atoms with Crippen molar-refractivity contribution in [2.24, 2.45) is 0 Å². The summed E-state index contributed by atoms with van der Waals surface area (Å²) in [6.45, 7) is 11.4. The monoisotopic (exact) mass is 511 g/mol. The molecule has 0 heterocycles. The highest BCUT2D eigenvalue weighted by atomic mass is 16.6. The van der Waals surface area contributed by atoms with E-state index < -0.39 is 29.7 Å². The zero-order chi connectivity index (χ0) is 27.6. The van der Waals surface area contributed by atoms with Gasteiger partial charge in [-0.3, -0.25) is 9.59 Å². The summed E-state index contributed by atoms with van der Waals surface area (Å²) < 4.78 is 5.42. The van der Waals surface area contributed by atoms with E-state index in [1.165, 1.54) is 4.90 Å². The highest BCUT2D eigenvalue weighted by Gasteiger charge is 2.36. The number of nitrogens with one attached hydrogen (secondary N) is 2. The molecule has 8 nitrogen and oxygen atoms in total. The van der Waals surface area contributed by atoms with Gasteiger partial charge >= 0.3 is 6.09 Å². The average molecular weight is 512 g/mol. The number of benzene rings is 2. The SMILES string of the molecule is CCCCNC(=O)C(c1cccc(C)c1O)N(CC)C(=O)C(Cc1ccccc1)NC(=O)OC(C)(C)C. The third-order valence-electron chi connectivity index (χ3n) is 5.85. The van der Waals surface area contributed by atoms with Crippen LogP contribution >= 0.6 is 0 Å². The minimum atomic E-state index is -1.08. The molecule has 0 aliphatic heterocycles. The Morgan fingerprint density at radius 3 is 2.30 bits per heavy atom. The quantitative estimate of drug-likeness (QED) is 0.381. The van der Waals surface area contributed by atoms with Crippen LogP contribution in [0.2, 0.25) is 0 Å². The van der Waals surface area contributed by atoms with Gasteiger partial charge in [0.2, 0.25) is 11.8 Å². The molecule has 2 atom stereocenters. The summed E-state index contributed by atoms with van der Waals surface area (Å²) >= 11 is 0. The molecule has 2 rings (SSSR count). The smallest absolute Gasteiger partial charge is 0.408 e. The molecule has 0 bridgehead atoms. The molecule has 3 amide bonds. The standard InChI is InChI=1S/C29H41N3O5/c1-7-9-18-30-26(34)24(22-17-13-14-20(3)25(22)33)32(8-2)27(35)23(19-21-15-11-10-12-16-21)31-28(36)37-29(4,5)6/h10-17,23-24,33H,7-9,18-19H2,1-6H3,(H,30,34)(H,31,36). The Balaban J connectivity index is 2.48. The van der Waals surface area contributed by atoms with Crippen molar-refractivity contribution in [2.45, 2.75) is 78.5 Å². The van der Waals surface area contributed by atoms with Gasteiger partial charge in [-0.05, 0) is 52.2 Å². The maximum absolute atomic E-state index is 14.0. The van der Waals surface area contributed by atoms with E-state index >= 15 is 0 Å². The Hall–Kier alpha value is -3.55. The van der Waals surface area contributed by atoms with Gasteiger partial charge in [-0.1, -0.05) is 61.9 Å². The fourth-order valence-corrected chi connectivity index (χ4v) is 4.00. The molecule has 0 aromatic heterocycles. The normalized spacial score (nSPS) is 12.8. The lowest BCUT2D eigenvalue weighted by Gasteiger charge is -2.34. The van der Waals surface area contributed by atoms with Crippen molar-refractivity contribution in [3.63, 3.8) is 0 Å². The van der Waals surface area contributed by atoms with E-state index in [-0.39, 0.29) is 24.6 Å². The number of alkyl carbamates (subject to hydrolysis) is 1. The first-order chi connectivity index (χ1) is 17.5. The summed E-state index contributed by atoms with van der Waals surface area (Å²) in [5.74, 6) is -0.877. The second-order valence-corrected chi connectivity index (χ2v) is 10.1. The van der Waals surface area contributed by atoms with Gasteiger partial charge in [0, 0.05) is 25.1 Å². The Morgan fingerprint density at radius 1 is 1.03 bits per heavy atom. The van der Waals surface area contributed by atoms with Crippen molar-refractivity contribution in [2.75, 3.05) is 13.1 Å². The number of aryl methyl sites for hydroxylation is 1. The number of hydrogen-bond donors (Lipinski definition) is 3. The molecular formula is C29H41N3O5. The van der Waals surface area contributed by atoms with Gasteiger partial charge in [-0.2, -0.15) is 0 Å². The van der Waals surface area contributed by atoms with Crippen LogP contribution in [-0.2, 0) is 20.7 Å². The number of hydrogen-bond acceptors (Lipinski definition) is 5. The van der Waals surface area contributed by atoms with Crippen LogP contribution in [0.25, 0.3) is 0 Å². The predicted molar refractivity (Wildman–Crippen MR) is 144 cm³/mol. The number of nitrogens with zero attached hydrogens (tertiary/aromatic N) is 1. The second-order valence-electron chi connectivity index (χ2n) is 10.1. The fraction of sp³-hybridized carbons (Fsp3) is 0.483. The minimum Gasteiger partial charge on any atom is -0.507 e. The number of rotatable bonds is 11. The van der Waals surface area contributed by atoms with E-state index in [2.05, 4.69) is 10.6 Å². The van der Waals surface area contributed by atoms with Crippen molar-refractivity contribution in [1.82, 2.24) is 15.5 Å². The summed E-state index contributed by atoms with van der Waals surface area (Å²) in [5, 5.41) is 16.5. The number of likely N-dealkylation sites (N-methyl/N-ethyl adjacent to an activating group) is 1. The number of para-hydroxylation sites is 1. The molecule has 0 aliphatic rings. The molecule has 8 heteroatoms. The van der Waals surface area contributed by atoms with Crippen molar-refractivity contribution in [3.05, 3.63) is 65.2 Å². The Morgan fingerprint density at radius 2 is 1.70 bits per heavy atom. The van der Waals surface area contributed by atoms with Crippen LogP contribution in [0.3, 0.4) is 0 Å². The number of unbranched alkanes of at least 4 members (excludes halogenated alkanes) is 1. The van der Waals surface area contributed by atoms with Gasteiger partial charge in [-0.15, -0.1) is 0 Å². The second kappa shape index (κ2) is 13.7. The maximum Gasteiger partial charge on any atom is 0.408 e. The number of aromatic hydroxyl groups is 1. The Kier molecular flexibility index (Phi) is 11.0. The first-order valence-electron chi connectivity index (χ1n) is 12.9. The lowest BCUT2D eigenvalue weighted by atomic mass is 9.98. The number of phenolic OH excluding ortho intramolecular Hbond substituents is 1. The molecule has 0 aliphatic carbocycles. The third-order valence-corrected chi connectivity index (χ3v) is 5.85. The van der Waals surface area contributed by atoms with Crippen LogP contribution in [-0.4, -0.2) is 52.6 Å². The molecule has 202 valence electrons. The molecule has 2 aromatic rings. The van der Waals surface area contributed by atoms with Crippen LogP contribution in [0.1, 0.15) is 70.2 Å². The molecule has 0 saturated heterocycles. The molecule has 2 aromatic carbocycles. The van der Waals surface area contributed by atoms with Gasteiger partial charge < -0.3 is 25.4 Å². The van der Waals surface area contributed by atoms with Crippen molar-refractivity contribution in [1.29, 1.82) is 0 Å². The first-order valence-corrected chi connectivity index (χ1v) is 12.9. The van der Waals surface area contributed by atoms with Crippen LogP contribution in [0.5, 0.6) is 5.75 Å². The van der Waals surface area contributed by atoms with Crippen LogP contribution in [0.4, 0.5) is 4.79 Å².